The number of urea groups is 1. The molecule has 0 aromatic carbocycles. The van der Waals surface area contributed by atoms with Crippen LogP contribution in [0.4, 0.5) is 4.79 Å². The number of nitrogens with one attached hydrogen (secondary N) is 1. The van der Waals surface area contributed by atoms with Gasteiger partial charge in [0.1, 0.15) is 6.04 Å². The molecular formula is C17H27N3O4. The van der Waals surface area contributed by atoms with E-state index in [4.69, 9.17) is 0 Å². The molecule has 2 aliphatic heterocycles. The predicted octanol–water partition coefficient (Wildman–Crippen LogP) is 1.45. The Morgan fingerprint density at radius 2 is 1.71 bits per heavy atom. The highest BCUT2D eigenvalue weighted by Crippen LogP contribution is 2.20. The van der Waals surface area contributed by atoms with Gasteiger partial charge in [0.25, 0.3) is 0 Å². The molecule has 7 nitrogen and oxygen atoms in total. The lowest BCUT2D eigenvalue weighted by atomic mass is 9.95. The van der Waals surface area contributed by atoms with Gasteiger partial charge in [0.2, 0.25) is 5.91 Å². The number of hydrogen-bond acceptors (Lipinski definition) is 3. The van der Waals surface area contributed by atoms with Gasteiger partial charge in [-0.15, -0.1) is 0 Å². The summed E-state index contributed by atoms with van der Waals surface area (Å²) in [6.45, 7) is 4.57. The number of allylic oxidation sites excluding steroid dienone is 1. The first-order chi connectivity index (χ1) is 11.5. The third kappa shape index (κ3) is 4.72. The van der Waals surface area contributed by atoms with Gasteiger partial charge in [0, 0.05) is 32.1 Å². The number of rotatable bonds is 5. The van der Waals surface area contributed by atoms with E-state index in [1.165, 1.54) is 0 Å². The molecule has 0 bridgehead atoms. The molecule has 2 heterocycles. The van der Waals surface area contributed by atoms with Gasteiger partial charge in [0.05, 0.1) is 0 Å². The van der Waals surface area contributed by atoms with Gasteiger partial charge >= 0.3 is 12.0 Å². The number of piperidine rings is 1. The highest BCUT2D eigenvalue weighted by atomic mass is 16.4. The van der Waals surface area contributed by atoms with Gasteiger partial charge in [-0.3, -0.25) is 4.79 Å². The molecule has 1 atom stereocenters. The van der Waals surface area contributed by atoms with Crippen LogP contribution in [0.5, 0.6) is 0 Å². The minimum Gasteiger partial charge on any atom is -0.480 e. The lowest BCUT2D eigenvalue weighted by molar-refractivity contribution is -0.142. The molecule has 0 aromatic rings. The topological polar surface area (TPSA) is 90.0 Å². The van der Waals surface area contributed by atoms with E-state index in [9.17, 15) is 19.5 Å². The first-order valence-electron chi connectivity index (χ1n) is 8.71. The molecule has 3 amide bonds. The van der Waals surface area contributed by atoms with Crippen LogP contribution in [0.25, 0.3) is 0 Å². The summed E-state index contributed by atoms with van der Waals surface area (Å²) in [5.41, 5.74) is 0. The molecule has 1 unspecified atom stereocenters. The van der Waals surface area contributed by atoms with Crippen molar-refractivity contribution in [3.8, 4) is 0 Å². The fraction of sp³-hybridized carbons (Fsp3) is 0.706. The summed E-state index contributed by atoms with van der Waals surface area (Å²) in [5, 5.41) is 11.8. The van der Waals surface area contributed by atoms with Gasteiger partial charge in [-0.25, -0.2) is 9.59 Å². The second kappa shape index (κ2) is 8.70. The van der Waals surface area contributed by atoms with Crippen LogP contribution in [0.2, 0.25) is 0 Å². The Morgan fingerprint density at radius 1 is 1.12 bits per heavy atom. The van der Waals surface area contributed by atoms with E-state index in [2.05, 4.69) is 5.32 Å². The van der Waals surface area contributed by atoms with Crippen LogP contribution >= 0.6 is 0 Å². The number of amides is 3. The largest absolute Gasteiger partial charge is 0.480 e. The van der Waals surface area contributed by atoms with Crippen molar-refractivity contribution in [1.29, 1.82) is 0 Å². The second-order valence-electron chi connectivity index (χ2n) is 6.44. The van der Waals surface area contributed by atoms with Crippen molar-refractivity contribution < 1.29 is 19.5 Å². The van der Waals surface area contributed by atoms with Crippen LogP contribution in [0.3, 0.4) is 0 Å². The van der Waals surface area contributed by atoms with Crippen molar-refractivity contribution >= 4 is 17.9 Å². The number of carboxylic acids is 1. The van der Waals surface area contributed by atoms with E-state index in [1.807, 2.05) is 16.7 Å². The standard InChI is InChI=1S/C17H27N3O4/c1-2-3-6-14(16(22)23)18-15(21)13-7-11-20(12-8-13)17(24)19-9-4-5-10-19/h2-3,13-14H,4-12H2,1H3,(H,18,21)(H,22,23)/b3-2+. The third-order valence-electron chi connectivity index (χ3n) is 4.73. The van der Waals surface area contributed by atoms with E-state index >= 15 is 0 Å². The first kappa shape index (κ1) is 18.3. The molecule has 0 radical (unpaired) electrons. The summed E-state index contributed by atoms with van der Waals surface area (Å²) in [6.07, 6.45) is 7.08. The number of carbonyl (C=O) groups is 3. The summed E-state index contributed by atoms with van der Waals surface area (Å²) < 4.78 is 0. The highest BCUT2D eigenvalue weighted by Gasteiger charge is 2.31. The van der Waals surface area contributed by atoms with E-state index < -0.39 is 12.0 Å². The van der Waals surface area contributed by atoms with Gasteiger partial charge in [-0.05, 0) is 39.0 Å². The summed E-state index contributed by atoms with van der Waals surface area (Å²) in [6, 6.07) is -0.819. The lowest BCUT2D eigenvalue weighted by Crippen LogP contribution is -2.49. The molecule has 2 N–H and O–H groups in total. The number of carboxylic acid groups (broad SMARTS) is 1. The minimum atomic E-state index is -1.02. The smallest absolute Gasteiger partial charge is 0.326 e. The van der Waals surface area contributed by atoms with Crippen molar-refractivity contribution in [3.05, 3.63) is 12.2 Å². The maximum absolute atomic E-state index is 12.3. The molecular weight excluding hydrogens is 310 g/mol. The molecule has 7 heteroatoms. The Kier molecular flexibility index (Phi) is 6.63. The predicted molar refractivity (Wildman–Crippen MR) is 89.5 cm³/mol. The Hall–Kier alpha value is -2.05. The Labute approximate surface area is 142 Å². The number of likely N-dealkylation sites (tertiary alicyclic amines) is 2. The monoisotopic (exact) mass is 337 g/mol. The summed E-state index contributed by atoms with van der Waals surface area (Å²) in [5.74, 6) is -1.47. The average molecular weight is 337 g/mol. The third-order valence-corrected chi connectivity index (χ3v) is 4.73. The maximum Gasteiger partial charge on any atom is 0.326 e. The van der Waals surface area contributed by atoms with Crippen LogP contribution in [0.15, 0.2) is 12.2 Å². The highest BCUT2D eigenvalue weighted by molar-refractivity contribution is 5.85. The van der Waals surface area contributed by atoms with Gasteiger partial charge < -0.3 is 20.2 Å². The van der Waals surface area contributed by atoms with Crippen molar-refractivity contribution in [1.82, 2.24) is 15.1 Å². The molecule has 0 aromatic heterocycles. The van der Waals surface area contributed by atoms with Crippen molar-refractivity contribution in [2.45, 2.75) is 45.1 Å². The van der Waals surface area contributed by atoms with Crippen LogP contribution in [-0.2, 0) is 9.59 Å². The summed E-state index contributed by atoms with van der Waals surface area (Å²) in [4.78, 5) is 39.5. The number of aliphatic carboxylic acids is 1. The minimum absolute atomic E-state index is 0.0721. The van der Waals surface area contributed by atoms with Crippen LogP contribution < -0.4 is 5.32 Å². The van der Waals surface area contributed by atoms with E-state index in [0.29, 0.717) is 25.9 Å². The first-order valence-corrected chi connectivity index (χ1v) is 8.71. The van der Waals surface area contributed by atoms with Crippen LogP contribution in [-0.4, -0.2) is 65.0 Å². The van der Waals surface area contributed by atoms with Crippen LogP contribution in [0.1, 0.15) is 39.0 Å². The number of hydrogen-bond donors (Lipinski definition) is 2. The molecule has 2 fully saturated rings. The second-order valence-corrected chi connectivity index (χ2v) is 6.44. The zero-order chi connectivity index (χ0) is 17.5. The average Bonchev–Trinajstić information content (AvgIpc) is 3.12. The zero-order valence-electron chi connectivity index (χ0n) is 14.2. The SMILES string of the molecule is C/C=C/CC(NC(=O)C1CCN(C(=O)N2CCCC2)CC1)C(=O)O. The van der Waals surface area contributed by atoms with Gasteiger partial charge in [-0.1, -0.05) is 12.2 Å². The molecule has 0 spiro atoms. The van der Waals surface area contributed by atoms with E-state index in [-0.39, 0.29) is 24.3 Å². The zero-order valence-corrected chi connectivity index (χ0v) is 14.2. The molecule has 2 aliphatic rings. The molecule has 0 aliphatic carbocycles. The maximum atomic E-state index is 12.3. The Balaban J connectivity index is 1.81. The lowest BCUT2D eigenvalue weighted by Gasteiger charge is -2.34. The van der Waals surface area contributed by atoms with Crippen molar-refractivity contribution in [3.63, 3.8) is 0 Å². The fourth-order valence-electron chi connectivity index (χ4n) is 3.22. The van der Waals surface area contributed by atoms with Crippen LogP contribution in [0, 0.1) is 5.92 Å². The van der Waals surface area contributed by atoms with Crippen molar-refractivity contribution in [2.24, 2.45) is 5.92 Å². The van der Waals surface area contributed by atoms with Gasteiger partial charge in [-0.2, -0.15) is 0 Å². The fourth-order valence-corrected chi connectivity index (χ4v) is 3.22. The molecule has 2 saturated heterocycles. The summed E-state index contributed by atoms with van der Waals surface area (Å²) in [7, 11) is 0. The molecule has 134 valence electrons. The Morgan fingerprint density at radius 3 is 2.25 bits per heavy atom. The van der Waals surface area contributed by atoms with E-state index in [1.54, 1.807) is 12.2 Å². The quantitative estimate of drug-likeness (QED) is 0.743. The van der Waals surface area contributed by atoms with E-state index in [0.717, 1.165) is 25.9 Å². The summed E-state index contributed by atoms with van der Waals surface area (Å²) >= 11 is 0. The Bertz CT molecular complexity index is 492. The normalized spacial score (nSPS) is 20.4. The molecule has 0 saturated carbocycles. The van der Waals surface area contributed by atoms with Crippen molar-refractivity contribution in [2.75, 3.05) is 26.2 Å². The van der Waals surface area contributed by atoms with Gasteiger partial charge in [0.15, 0.2) is 0 Å². The molecule has 2 rings (SSSR count). The number of nitrogens with zero attached hydrogens (tertiary/aromatic N) is 2. The number of carbonyl (C=O) groups excluding carboxylic acids is 2. The molecule has 24 heavy (non-hydrogen) atoms.